The molecule has 0 saturated carbocycles. The molecular formula is C14H27NO4S. The second-order valence-corrected chi connectivity index (χ2v) is 5.75. The predicted octanol–water partition coefficient (Wildman–Crippen LogP) is 3.24. The van der Waals surface area contributed by atoms with Gasteiger partial charge in [-0.25, -0.2) is 9.00 Å². The second kappa shape index (κ2) is 13.1. The van der Waals surface area contributed by atoms with Crippen LogP contribution in [0.2, 0.25) is 0 Å². The molecule has 0 aliphatic heterocycles. The third-order valence-electron chi connectivity index (χ3n) is 2.69. The molecule has 0 aliphatic carbocycles. The third kappa shape index (κ3) is 13.5. The lowest BCUT2D eigenvalue weighted by molar-refractivity contribution is 0.127. The zero-order valence-electron chi connectivity index (χ0n) is 12.5. The van der Waals surface area contributed by atoms with Crippen molar-refractivity contribution in [2.24, 2.45) is 0 Å². The van der Waals surface area contributed by atoms with Gasteiger partial charge in [-0.3, -0.25) is 0 Å². The number of alkyl carbamates (subject to hydrolysis) is 1. The molecular weight excluding hydrogens is 278 g/mol. The molecule has 0 fully saturated rings. The minimum absolute atomic E-state index is 0.160. The monoisotopic (exact) mass is 305 g/mol. The van der Waals surface area contributed by atoms with Crippen molar-refractivity contribution in [3.05, 3.63) is 12.2 Å². The summed E-state index contributed by atoms with van der Waals surface area (Å²) in [7, 11) is 0. The maximum Gasteiger partial charge on any atom is 0.407 e. The largest absolute Gasteiger partial charge is 0.442 e. The van der Waals surface area contributed by atoms with Gasteiger partial charge < -0.3 is 14.6 Å². The molecule has 2 N–H and O–H groups in total. The summed E-state index contributed by atoms with van der Waals surface area (Å²) in [6, 6.07) is 0. The molecule has 0 spiro atoms. The van der Waals surface area contributed by atoms with Crippen molar-refractivity contribution in [3.63, 3.8) is 0 Å². The zero-order valence-corrected chi connectivity index (χ0v) is 13.3. The number of ether oxygens (including phenoxy) is 1. The van der Waals surface area contributed by atoms with Crippen LogP contribution in [-0.4, -0.2) is 33.3 Å². The average molecular weight is 305 g/mol. The number of carbonyl (C=O) groups excluding carboxylic acids is 1. The van der Waals surface area contributed by atoms with Gasteiger partial charge >= 0.3 is 6.09 Å². The van der Waals surface area contributed by atoms with E-state index >= 15 is 0 Å². The molecule has 0 aliphatic rings. The van der Waals surface area contributed by atoms with Crippen LogP contribution in [0.4, 0.5) is 4.79 Å². The lowest BCUT2D eigenvalue weighted by Crippen LogP contribution is -2.28. The smallest absolute Gasteiger partial charge is 0.407 e. The van der Waals surface area contributed by atoms with Crippen molar-refractivity contribution in [1.29, 1.82) is 0 Å². The first-order chi connectivity index (χ1) is 9.56. The molecule has 0 bridgehead atoms. The Bertz CT molecular complexity index is 308. The molecule has 0 aromatic rings. The molecule has 6 heteroatoms. The predicted molar refractivity (Wildman–Crippen MR) is 82.1 cm³/mol. The highest BCUT2D eigenvalue weighted by molar-refractivity contribution is 7.79. The van der Waals surface area contributed by atoms with Crippen LogP contribution < -0.4 is 5.32 Å². The maximum absolute atomic E-state index is 11.4. The number of nitrogens with one attached hydrogen (secondary N) is 1. The first-order valence-corrected chi connectivity index (χ1v) is 8.52. The van der Waals surface area contributed by atoms with Crippen LogP contribution >= 0.6 is 0 Å². The van der Waals surface area contributed by atoms with Crippen LogP contribution in [0.3, 0.4) is 0 Å². The Morgan fingerprint density at radius 3 is 2.75 bits per heavy atom. The Balaban J connectivity index is 3.58. The molecule has 0 aromatic carbocycles. The number of unbranched alkanes of at least 4 members (excludes halogenated alkanes) is 4. The maximum atomic E-state index is 11.4. The van der Waals surface area contributed by atoms with Gasteiger partial charge in [0.15, 0.2) is 11.1 Å². The highest BCUT2D eigenvalue weighted by Gasteiger charge is 2.05. The fourth-order valence-electron chi connectivity index (χ4n) is 1.61. The van der Waals surface area contributed by atoms with E-state index in [1.807, 2.05) is 19.1 Å². The van der Waals surface area contributed by atoms with E-state index in [4.69, 9.17) is 9.29 Å². The van der Waals surface area contributed by atoms with Crippen LogP contribution in [0, 0.1) is 0 Å². The standard InChI is InChI=1S/C14H27NO4S/c1-3-4-5-6-7-8-10-13(2)19-14(16)15-11-9-12-20(17)18/h8,10,13H,3-7,9,11-12H2,1-2H3,(H,15,16)(H,17,18)/b10-8+. The zero-order chi connectivity index (χ0) is 15.2. The van der Waals surface area contributed by atoms with Crippen LogP contribution in [0.25, 0.3) is 0 Å². The van der Waals surface area contributed by atoms with Crippen molar-refractivity contribution >= 4 is 17.2 Å². The van der Waals surface area contributed by atoms with Crippen molar-refractivity contribution in [2.75, 3.05) is 12.3 Å². The molecule has 20 heavy (non-hydrogen) atoms. The van der Waals surface area contributed by atoms with E-state index in [2.05, 4.69) is 12.2 Å². The van der Waals surface area contributed by atoms with Gasteiger partial charge in [-0.1, -0.05) is 32.3 Å². The van der Waals surface area contributed by atoms with Gasteiger partial charge in [0, 0.05) is 6.54 Å². The fraction of sp³-hybridized carbons (Fsp3) is 0.786. The number of rotatable bonds is 11. The van der Waals surface area contributed by atoms with Crippen LogP contribution in [0.1, 0.15) is 52.4 Å². The van der Waals surface area contributed by atoms with E-state index in [9.17, 15) is 9.00 Å². The number of hydrogen-bond acceptors (Lipinski definition) is 3. The summed E-state index contributed by atoms with van der Waals surface area (Å²) in [5.74, 6) is 0.160. The first kappa shape index (κ1) is 19.1. The lowest BCUT2D eigenvalue weighted by atomic mass is 10.1. The van der Waals surface area contributed by atoms with Gasteiger partial charge in [0.25, 0.3) is 0 Å². The molecule has 1 amide bonds. The van der Waals surface area contributed by atoms with E-state index in [0.717, 1.165) is 6.42 Å². The Morgan fingerprint density at radius 2 is 2.10 bits per heavy atom. The van der Waals surface area contributed by atoms with E-state index in [-0.39, 0.29) is 11.9 Å². The summed E-state index contributed by atoms with van der Waals surface area (Å²) in [5, 5.41) is 2.55. The highest BCUT2D eigenvalue weighted by Crippen LogP contribution is 2.04. The van der Waals surface area contributed by atoms with E-state index < -0.39 is 17.2 Å². The Hall–Kier alpha value is -0.880. The molecule has 118 valence electrons. The second-order valence-electron chi connectivity index (χ2n) is 4.69. The Morgan fingerprint density at radius 1 is 1.35 bits per heavy atom. The van der Waals surface area contributed by atoms with E-state index in [0.29, 0.717) is 13.0 Å². The van der Waals surface area contributed by atoms with Gasteiger partial charge in [0.05, 0.1) is 5.75 Å². The van der Waals surface area contributed by atoms with Crippen LogP contribution in [-0.2, 0) is 15.8 Å². The lowest BCUT2D eigenvalue weighted by Gasteiger charge is -2.10. The summed E-state index contributed by atoms with van der Waals surface area (Å²) in [6.07, 6.45) is 9.55. The van der Waals surface area contributed by atoms with Gasteiger partial charge in [-0.15, -0.1) is 0 Å². The summed E-state index contributed by atoms with van der Waals surface area (Å²) in [5.41, 5.74) is 0. The SMILES string of the molecule is CCCCCC/C=C/C(C)OC(=O)NCCCS(=O)O. The quantitative estimate of drug-likeness (QED) is 0.349. The Kier molecular flexibility index (Phi) is 12.5. The number of carbonyl (C=O) groups is 1. The molecule has 0 aromatic heterocycles. The van der Waals surface area contributed by atoms with E-state index in [1.165, 1.54) is 25.7 Å². The van der Waals surface area contributed by atoms with Gasteiger partial charge in [0.2, 0.25) is 0 Å². The summed E-state index contributed by atoms with van der Waals surface area (Å²) in [4.78, 5) is 11.4. The molecule has 5 nitrogen and oxygen atoms in total. The molecule has 0 heterocycles. The van der Waals surface area contributed by atoms with E-state index in [1.54, 1.807) is 0 Å². The summed E-state index contributed by atoms with van der Waals surface area (Å²) >= 11 is -1.80. The molecule has 0 saturated heterocycles. The van der Waals surface area contributed by atoms with Crippen molar-refractivity contribution in [3.8, 4) is 0 Å². The Labute approximate surface area is 124 Å². The van der Waals surface area contributed by atoms with Crippen molar-refractivity contribution in [1.82, 2.24) is 5.32 Å². The first-order valence-electron chi connectivity index (χ1n) is 7.24. The highest BCUT2D eigenvalue weighted by atomic mass is 32.2. The summed E-state index contributed by atoms with van der Waals surface area (Å²) in [6.45, 7) is 4.34. The fourth-order valence-corrected chi connectivity index (χ4v) is 2.00. The minimum atomic E-state index is -1.80. The minimum Gasteiger partial charge on any atom is -0.442 e. The number of amides is 1. The number of allylic oxidation sites excluding steroid dienone is 1. The summed E-state index contributed by atoms with van der Waals surface area (Å²) < 4.78 is 24.1. The molecule has 2 atom stereocenters. The van der Waals surface area contributed by atoms with Crippen LogP contribution in [0.5, 0.6) is 0 Å². The molecule has 0 radical (unpaired) electrons. The van der Waals surface area contributed by atoms with Crippen molar-refractivity contribution in [2.45, 2.75) is 58.5 Å². The number of hydrogen-bond donors (Lipinski definition) is 2. The average Bonchev–Trinajstić information content (AvgIpc) is 2.38. The normalized spacial score (nSPS) is 14.2. The van der Waals surface area contributed by atoms with Gasteiger partial charge in [-0.05, 0) is 32.3 Å². The molecule has 2 unspecified atom stereocenters. The molecule has 0 rings (SSSR count). The van der Waals surface area contributed by atoms with Crippen LogP contribution in [0.15, 0.2) is 12.2 Å². The van der Waals surface area contributed by atoms with Gasteiger partial charge in [0.1, 0.15) is 6.10 Å². The van der Waals surface area contributed by atoms with Gasteiger partial charge in [-0.2, -0.15) is 0 Å². The third-order valence-corrected chi connectivity index (χ3v) is 3.33. The topological polar surface area (TPSA) is 75.6 Å². The van der Waals surface area contributed by atoms with Crippen molar-refractivity contribution < 1.29 is 18.3 Å².